The molecular weight excluding hydrogens is 185 g/mol. The molecule has 0 spiro atoms. The summed E-state index contributed by atoms with van der Waals surface area (Å²) in [6, 6.07) is 0. The summed E-state index contributed by atoms with van der Waals surface area (Å²) in [5.74, 6) is -3.95. The minimum Gasteiger partial charge on any atom is -0.480 e. The van der Waals surface area contributed by atoms with E-state index in [9.17, 15) is 13.2 Å². The minimum absolute atomic E-state index is 0.778. The van der Waals surface area contributed by atoms with Crippen LogP contribution in [0.5, 0.6) is 0 Å². The molecule has 0 bridgehead atoms. The normalized spacial score (nSPS) is 9.67. The highest BCUT2D eigenvalue weighted by atomic mass is 19.4. The van der Waals surface area contributed by atoms with Crippen LogP contribution in [0.3, 0.4) is 0 Å². The maximum absolute atomic E-state index is 10.6. The van der Waals surface area contributed by atoms with Crippen LogP contribution in [0.25, 0.3) is 0 Å². The molecule has 12 heavy (non-hydrogen) atoms. The fourth-order valence-corrected chi connectivity index (χ4v) is 0. The third-order valence-electron chi connectivity index (χ3n) is 0.378. The van der Waals surface area contributed by atoms with Crippen molar-refractivity contribution in [2.24, 2.45) is 0 Å². The van der Waals surface area contributed by atoms with E-state index >= 15 is 0 Å². The molecule has 0 aromatic carbocycles. The van der Waals surface area contributed by atoms with E-state index in [1.54, 1.807) is 0 Å². The highest BCUT2D eigenvalue weighted by Gasteiger charge is 2.38. The molecule has 0 aromatic rings. The molecule has 0 saturated heterocycles. The molecule has 0 aliphatic heterocycles. The largest absolute Gasteiger partial charge is 0.490 e. The lowest BCUT2D eigenvalue weighted by molar-refractivity contribution is -0.192. The molecule has 0 saturated carbocycles. The molecule has 0 radical (unpaired) electrons. The minimum atomic E-state index is -5.08. The average Bonchev–Trinajstić information content (AvgIpc) is 1.87. The Morgan fingerprint density at radius 3 is 1.33 bits per heavy atom. The van der Waals surface area contributed by atoms with E-state index in [4.69, 9.17) is 24.9 Å². The van der Waals surface area contributed by atoms with E-state index in [2.05, 4.69) is 0 Å². The quantitative estimate of drug-likeness (QED) is 0.527. The number of hydrogen-bond acceptors (Lipinski definition) is 3. The average molecular weight is 190 g/mol. The number of carbonyl (C=O) groups is 2. The summed E-state index contributed by atoms with van der Waals surface area (Å²) >= 11 is 0. The number of rotatable bonds is 1. The third-order valence-corrected chi connectivity index (χ3v) is 0.378. The number of halogens is 3. The second-order valence-electron chi connectivity index (χ2n) is 1.35. The Bertz CT molecular complexity index is 163. The molecule has 72 valence electrons. The van der Waals surface area contributed by atoms with Crippen LogP contribution in [-0.2, 0) is 9.59 Å². The van der Waals surface area contributed by atoms with Crippen LogP contribution in [-0.4, -0.2) is 40.0 Å². The first-order valence-electron chi connectivity index (χ1n) is 2.34. The number of alkyl halides is 3. The van der Waals surface area contributed by atoms with Gasteiger partial charge < -0.3 is 15.3 Å². The molecule has 8 heteroatoms. The Labute approximate surface area is 64.0 Å². The first-order valence-corrected chi connectivity index (χ1v) is 2.34. The van der Waals surface area contributed by atoms with Gasteiger partial charge in [0.25, 0.3) is 0 Å². The Morgan fingerprint density at radius 2 is 1.33 bits per heavy atom. The van der Waals surface area contributed by atoms with Crippen LogP contribution in [0.15, 0.2) is 0 Å². The SMILES string of the molecule is O=C(O)C(F)(F)F.O=C(O)CO. The molecule has 5 nitrogen and oxygen atoms in total. The smallest absolute Gasteiger partial charge is 0.480 e. The van der Waals surface area contributed by atoms with Gasteiger partial charge in [-0.15, -0.1) is 0 Å². The van der Waals surface area contributed by atoms with E-state index in [0.717, 1.165) is 0 Å². The molecule has 0 atom stereocenters. The predicted octanol–water partition coefficient (Wildman–Crippen LogP) is -0.303. The van der Waals surface area contributed by atoms with Gasteiger partial charge in [0, 0.05) is 0 Å². The van der Waals surface area contributed by atoms with Crippen molar-refractivity contribution in [3.05, 3.63) is 0 Å². The van der Waals surface area contributed by atoms with Gasteiger partial charge in [0.05, 0.1) is 0 Å². The summed E-state index contributed by atoms with van der Waals surface area (Å²) in [5.41, 5.74) is 0. The molecule has 0 rings (SSSR count). The van der Waals surface area contributed by atoms with Gasteiger partial charge in [-0.3, -0.25) is 0 Å². The van der Waals surface area contributed by atoms with Gasteiger partial charge >= 0.3 is 18.1 Å². The fourth-order valence-electron chi connectivity index (χ4n) is 0. The lowest BCUT2D eigenvalue weighted by Gasteiger charge is -1.93. The number of aliphatic hydroxyl groups is 1. The van der Waals surface area contributed by atoms with Gasteiger partial charge in [-0.05, 0) is 0 Å². The molecule has 0 fully saturated rings. The van der Waals surface area contributed by atoms with Gasteiger partial charge in [0.2, 0.25) is 0 Å². The summed E-state index contributed by atoms with van der Waals surface area (Å²) in [4.78, 5) is 18.0. The van der Waals surface area contributed by atoms with Crippen molar-refractivity contribution in [1.82, 2.24) is 0 Å². The lowest BCUT2D eigenvalue weighted by atomic mass is 10.7. The summed E-state index contributed by atoms with van der Waals surface area (Å²) in [7, 11) is 0. The zero-order valence-corrected chi connectivity index (χ0v) is 5.50. The maximum atomic E-state index is 10.6. The molecule has 0 aliphatic carbocycles. The molecule has 3 N–H and O–H groups in total. The Morgan fingerprint density at radius 1 is 1.17 bits per heavy atom. The molecule has 0 amide bonds. The lowest BCUT2D eigenvalue weighted by Crippen LogP contribution is -2.21. The van der Waals surface area contributed by atoms with E-state index in [0.29, 0.717) is 0 Å². The second kappa shape index (κ2) is 5.35. The molecule has 0 aromatic heterocycles. The Balaban J connectivity index is 0. The monoisotopic (exact) mass is 190 g/mol. The van der Waals surface area contributed by atoms with Crippen molar-refractivity contribution in [2.45, 2.75) is 6.18 Å². The van der Waals surface area contributed by atoms with Crippen LogP contribution in [0, 0.1) is 0 Å². The van der Waals surface area contributed by atoms with E-state index < -0.39 is 24.7 Å². The highest BCUT2D eigenvalue weighted by Crippen LogP contribution is 2.13. The van der Waals surface area contributed by atoms with Crippen LogP contribution >= 0.6 is 0 Å². The first-order chi connectivity index (χ1) is 5.21. The van der Waals surface area contributed by atoms with Crippen molar-refractivity contribution in [1.29, 1.82) is 0 Å². The van der Waals surface area contributed by atoms with Crippen molar-refractivity contribution in [3.8, 4) is 0 Å². The fraction of sp³-hybridized carbons (Fsp3) is 0.500. The predicted molar refractivity (Wildman–Crippen MR) is 28.4 cm³/mol. The van der Waals surface area contributed by atoms with Crippen LogP contribution in [0.4, 0.5) is 13.2 Å². The van der Waals surface area contributed by atoms with Crippen molar-refractivity contribution < 1.29 is 38.1 Å². The van der Waals surface area contributed by atoms with E-state index in [1.165, 1.54) is 0 Å². The summed E-state index contributed by atoms with van der Waals surface area (Å²) in [6.07, 6.45) is -5.08. The zero-order chi connectivity index (χ0) is 10.4. The number of hydrogen-bond donors (Lipinski definition) is 3. The van der Waals surface area contributed by atoms with E-state index in [-0.39, 0.29) is 0 Å². The van der Waals surface area contributed by atoms with Crippen LogP contribution in [0.1, 0.15) is 0 Å². The van der Waals surface area contributed by atoms with Crippen molar-refractivity contribution in [3.63, 3.8) is 0 Å². The second-order valence-corrected chi connectivity index (χ2v) is 1.35. The Hall–Kier alpha value is -1.31. The Kier molecular flexibility index (Phi) is 5.93. The molecule has 0 heterocycles. The number of carboxylic acid groups (broad SMARTS) is 2. The van der Waals surface area contributed by atoms with E-state index in [1.807, 2.05) is 0 Å². The number of carboxylic acids is 2. The van der Waals surface area contributed by atoms with Crippen molar-refractivity contribution >= 4 is 11.9 Å². The topological polar surface area (TPSA) is 94.8 Å². The summed E-state index contributed by atoms with van der Waals surface area (Å²) in [6.45, 7) is -0.778. The summed E-state index contributed by atoms with van der Waals surface area (Å²) in [5, 5.41) is 22.1. The molecule has 0 unspecified atom stereocenters. The van der Waals surface area contributed by atoms with Crippen LogP contribution in [0.2, 0.25) is 0 Å². The van der Waals surface area contributed by atoms with Gasteiger partial charge in [0.15, 0.2) is 0 Å². The van der Waals surface area contributed by atoms with Gasteiger partial charge in [-0.1, -0.05) is 0 Å². The van der Waals surface area contributed by atoms with Gasteiger partial charge in [-0.25, -0.2) is 9.59 Å². The highest BCUT2D eigenvalue weighted by molar-refractivity contribution is 5.73. The van der Waals surface area contributed by atoms with Crippen molar-refractivity contribution in [2.75, 3.05) is 6.61 Å². The van der Waals surface area contributed by atoms with Crippen LogP contribution < -0.4 is 0 Å². The molecular formula is C4H5F3O5. The molecule has 0 aliphatic rings. The van der Waals surface area contributed by atoms with Gasteiger partial charge in [-0.2, -0.15) is 13.2 Å². The van der Waals surface area contributed by atoms with Gasteiger partial charge in [0.1, 0.15) is 6.61 Å². The first kappa shape index (κ1) is 13.3. The zero-order valence-electron chi connectivity index (χ0n) is 5.50. The standard InChI is InChI=1S/C2HF3O2.C2H4O3/c3-2(4,5)1(6)7;3-1-2(4)5/h(H,6,7);3H,1H2,(H,4,5). The maximum Gasteiger partial charge on any atom is 0.490 e. The summed E-state index contributed by atoms with van der Waals surface area (Å²) < 4.78 is 31.7. The number of aliphatic hydroxyl groups excluding tert-OH is 1. The number of aliphatic carboxylic acids is 2. The third kappa shape index (κ3) is 11.5.